The molecule has 0 unspecified atom stereocenters. The zero-order valence-electron chi connectivity index (χ0n) is 9.03. The molecule has 1 heterocycles. The third-order valence-corrected chi connectivity index (χ3v) is 2.58. The van der Waals surface area contributed by atoms with Gasteiger partial charge in [-0.25, -0.2) is 0 Å². The van der Waals surface area contributed by atoms with Gasteiger partial charge < -0.3 is 15.4 Å². The van der Waals surface area contributed by atoms with Crippen molar-refractivity contribution in [2.45, 2.75) is 38.4 Å². The summed E-state index contributed by atoms with van der Waals surface area (Å²) in [5.74, 6) is 0.0998. The van der Waals surface area contributed by atoms with Crippen LogP contribution in [0, 0.1) is 0 Å². The minimum atomic E-state index is -0.250. The Morgan fingerprint density at radius 3 is 2.79 bits per heavy atom. The summed E-state index contributed by atoms with van der Waals surface area (Å²) in [7, 11) is 1.82. The monoisotopic (exact) mass is 200 g/mol. The van der Waals surface area contributed by atoms with Crippen molar-refractivity contribution < 1.29 is 9.53 Å². The third-order valence-electron chi connectivity index (χ3n) is 2.58. The maximum atomic E-state index is 11.8. The van der Waals surface area contributed by atoms with Gasteiger partial charge in [-0.15, -0.1) is 0 Å². The molecule has 14 heavy (non-hydrogen) atoms. The molecule has 4 nitrogen and oxygen atoms in total. The second-order valence-corrected chi connectivity index (χ2v) is 3.82. The average Bonchev–Trinajstić information content (AvgIpc) is 2.65. The van der Waals surface area contributed by atoms with Crippen LogP contribution in [0.5, 0.6) is 0 Å². The van der Waals surface area contributed by atoms with Crippen molar-refractivity contribution >= 4 is 5.91 Å². The molecule has 0 saturated carbocycles. The lowest BCUT2D eigenvalue weighted by Gasteiger charge is -2.20. The van der Waals surface area contributed by atoms with Crippen molar-refractivity contribution in [1.29, 1.82) is 0 Å². The Labute approximate surface area is 85.4 Å². The molecule has 0 aliphatic carbocycles. The molecule has 2 atom stereocenters. The minimum Gasteiger partial charge on any atom is -0.364 e. The Morgan fingerprint density at radius 1 is 1.57 bits per heavy atom. The Hall–Kier alpha value is -0.610. The number of hydrogen-bond acceptors (Lipinski definition) is 3. The first kappa shape index (κ1) is 11.5. The predicted octanol–water partition coefficient (Wildman–Crippen LogP) is 0.361. The molecular weight excluding hydrogens is 180 g/mol. The fraction of sp³-hybridized carbons (Fsp3) is 0.900. The molecule has 1 amide bonds. The van der Waals surface area contributed by atoms with Gasteiger partial charge in [-0.1, -0.05) is 6.92 Å². The Bertz CT molecular complexity index is 197. The van der Waals surface area contributed by atoms with Crippen LogP contribution in [-0.2, 0) is 9.53 Å². The number of carbonyl (C=O) groups excluding carboxylic acids is 1. The van der Waals surface area contributed by atoms with Crippen LogP contribution in [0.3, 0.4) is 0 Å². The summed E-state index contributed by atoms with van der Waals surface area (Å²) in [6, 6.07) is 0. The number of nitrogens with zero attached hydrogens (tertiary/aromatic N) is 1. The van der Waals surface area contributed by atoms with Crippen LogP contribution in [0.1, 0.15) is 26.2 Å². The normalized spacial score (nSPS) is 26.5. The third kappa shape index (κ3) is 2.69. The molecule has 0 bridgehead atoms. The largest absolute Gasteiger partial charge is 0.364 e. The van der Waals surface area contributed by atoms with E-state index >= 15 is 0 Å². The van der Waals surface area contributed by atoms with Gasteiger partial charge in [0.15, 0.2) is 0 Å². The van der Waals surface area contributed by atoms with Gasteiger partial charge in [0.1, 0.15) is 6.10 Å². The van der Waals surface area contributed by atoms with Gasteiger partial charge in [0.25, 0.3) is 5.91 Å². The molecule has 4 heteroatoms. The van der Waals surface area contributed by atoms with Crippen molar-refractivity contribution in [2.24, 2.45) is 5.73 Å². The topological polar surface area (TPSA) is 55.6 Å². The van der Waals surface area contributed by atoms with Crippen molar-refractivity contribution in [1.82, 2.24) is 4.90 Å². The lowest BCUT2D eigenvalue weighted by molar-refractivity contribution is -0.141. The summed E-state index contributed by atoms with van der Waals surface area (Å²) in [6.07, 6.45) is 2.54. The molecule has 0 aromatic carbocycles. The summed E-state index contributed by atoms with van der Waals surface area (Å²) in [5.41, 5.74) is 5.48. The Morgan fingerprint density at radius 2 is 2.29 bits per heavy atom. The highest BCUT2D eigenvalue weighted by atomic mass is 16.5. The molecule has 0 radical (unpaired) electrons. The van der Waals surface area contributed by atoms with E-state index in [2.05, 4.69) is 6.92 Å². The number of ether oxygens (including phenoxy) is 1. The first-order valence-corrected chi connectivity index (χ1v) is 5.29. The number of hydrogen-bond donors (Lipinski definition) is 1. The van der Waals surface area contributed by atoms with Crippen molar-refractivity contribution in [3.63, 3.8) is 0 Å². The van der Waals surface area contributed by atoms with E-state index in [-0.39, 0.29) is 18.1 Å². The second kappa shape index (κ2) is 5.32. The van der Waals surface area contributed by atoms with E-state index < -0.39 is 0 Å². The van der Waals surface area contributed by atoms with E-state index in [1.807, 2.05) is 7.05 Å². The smallest absolute Gasteiger partial charge is 0.251 e. The van der Waals surface area contributed by atoms with E-state index in [1.54, 1.807) is 4.90 Å². The van der Waals surface area contributed by atoms with E-state index in [9.17, 15) is 4.79 Å². The second-order valence-electron chi connectivity index (χ2n) is 3.82. The fourth-order valence-corrected chi connectivity index (χ4v) is 1.75. The lowest BCUT2D eigenvalue weighted by Crippen LogP contribution is -2.37. The standard InChI is InChI=1S/C10H20N2O2/c1-3-6-12(2)10(13)9-5-4-8(7-11)14-9/h8-9H,3-7,11H2,1-2H3/t8-,9+/m1/s1. The molecule has 0 spiro atoms. The molecule has 1 fully saturated rings. The molecule has 0 aromatic heterocycles. The summed E-state index contributed by atoms with van der Waals surface area (Å²) < 4.78 is 5.52. The molecule has 1 rings (SSSR count). The quantitative estimate of drug-likeness (QED) is 0.713. The Kier molecular flexibility index (Phi) is 4.35. The van der Waals surface area contributed by atoms with Crippen molar-refractivity contribution in [2.75, 3.05) is 20.1 Å². The van der Waals surface area contributed by atoms with E-state index in [1.165, 1.54) is 0 Å². The van der Waals surface area contributed by atoms with Crippen molar-refractivity contribution in [3.05, 3.63) is 0 Å². The molecule has 0 aromatic rings. The number of rotatable bonds is 4. The number of likely N-dealkylation sites (N-methyl/N-ethyl adjacent to an activating group) is 1. The van der Waals surface area contributed by atoms with E-state index in [0.717, 1.165) is 25.8 Å². The van der Waals surface area contributed by atoms with Crippen LogP contribution >= 0.6 is 0 Å². The molecule has 1 saturated heterocycles. The van der Waals surface area contributed by atoms with Gasteiger partial charge >= 0.3 is 0 Å². The van der Waals surface area contributed by atoms with Crippen LogP contribution in [0.15, 0.2) is 0 Å². The molecule has 1 aliphatic heterocycles. The average molecular weight is 200 g/mol. The first-order chi connectivity index (χ1) is 6.69. The van der Waals surface area contributed by atoms with Gasteiger partial charge in [-0.3, -0.25) is 4.79 Å². The van der Waals surface area contributed by atoms with E-state index in [0.29, 0.717) is 6.54 Å². The highest BCUT2D eigenvalue weighted by molar-refractivity contribution is 5.80. The number of amides is 1. The van der Waals surface area contributed by atoms with Crippen LogP contribution in [0.25, 0.3) is 0 Å². The van der Waals surface area contributed by atoms with Crippen LogP contribution in [0.4, 0.5) is 0 Å². The van der Waals surface area contributed by atoms with E-state index in [4.69, 9.17) is 10.5 Å². The summed E-state index contributed by atoms with van der Waals surface area (Å²) in [5, 5.41) is 0. The highest BCUT2D eigenvalue weighted by Crippen LogP contribution is 2.20. The molecule has 1 aliphatic rings. The Balaban J connectivity index is 2.38. The van der Waals surface area contributed by atoms with Gasteiger partial charge in [0.05, 0.1) is 6.10 Å². The molecule has 82 valence electrons. The SMILES string of the molecule is CCCN(C)C(=O)[C@@H]1CC[C@H](CN)O1. The number of carbonyl (C=O) groups is 1. The fourth-order valence-electron chi connectivity index (χ4n) is 1.75. The maximum absolute atomic E-state index is 11.8. The maximum Gasteiger partial charge on any atom is 0.251 e. The lowest BCUT2D eigenvalue weighted by atomic mass is 10.2. The predicted molar refractivity (Wildman–Crippen MR) is 54.9 cm³/mol. The van der Waals surface area contributed by atoms with Gasteiger partial charge in [0.2, 0.25) is 0 Å². The number of nitrogens with two attached hydrogens (primary N) is 1. The summed E-state index contributed by atoms with van der Waals surface area (Å²) in [6.45, 7) is 3.37. The van der Waals surface area contributed by atoms with Crippen LogP contribution in [-0.4, -0.2) is 43.2 Å². The summed E-state index contributed by atoms with van der Waals surface area (Å²) >= 11 is 0. The first-order valence-electron chi connectivity index (χ1n) is 5.29. The zero-order chi connectivity index (χ0) is 10.6. The molecule has 2 N–H and O–H groups in total. The van der Waals surface area contributed by atoms with Gasteiger partial charge in [-0.05, 0) is 19.3 Å². The highest BCUT2D eigenvalue weighted by Gasteiger charge is 2.31. The van der Waals surface area contributed by atoms with Gasteiger partial charge in [0, 0.05) is 20.1 Å². The van der Waals surface area contributed by atoms with Crippen LogP contribution < -0.4 is 5.73 Å². The van der Waals surface area contributed by atoms with Crippen LogP contribution in [0.2, 0.25) is 0 Å². The minimum absolute atomic E-state index is 0.0824. The molecular formula is C10H20N2O2. The van der Waals surface area contributed by atoms with Crippen molar-refractivity contribution in [3.8, 4) is 0 Å². The summed E-state index contributed by atoms with van der Waals surface area (Å²) in [4.78, 5) is 13.5. The van der Waals surface area contributed by atoms with Gasteiger partial charge in [-0.2, -0.15) is 0 Å². The zero-order valence-corrected chi connectivity index (χ0v) is 9.03.